The van der Waals surface area contributed by atoms with E-state index in [-0.39, 0.29) is 0 Å². The number of rotatable bonds is 2. The molecule has 2 rings (SSSR count). The summed E-state index contributed by atoms with van der Waals surface area (Å²) in [5, 5.41) is 3.25. The molecule has 0 spiro atoms. The molecule has 0 saturated heterocycles. The Bertz CT molecular complexity index is 332. The molecule has 0 radical (unpaired) electrons. The summed E-state index contributed by atoms with van der Waals surface area (Å²) in [4.78, 5) is 4.57. The van der Waals surface area contributed by atoms with E-state index in [0.29, 0.717) is 6.04 Å². The topological polar surface area (TPSA) is 29.9 Å². The van der Waals surface area contributed by atoms with Gasteiger partial charge in [0.05, 0.1) is 5.69 Å². The fourth-order valence-electron chi connectivity index (χ4n) is 2.18. The third kappa shape index (κ3) is 1.61. The number of halogens is 1. The van der Waals surface area contributed by atoms with Crippen LogP contribution in [0.5, 0.6) is 0 Å². The normalized spacial score (nSPS) is 20.9. The number of hydrogen-bond donors (Lipinski definition) is 1. The molecule has 1 unspecified atom stereocenters. The molecule has 1 aliphatic rings. The van der Waals surface area contributed by atoms with Crippen molar-refractivity contribution in [3.8, 4) is 0 Å². The third-order valence-electron chi connectivity index (χ3n) is 2.83. The van der Waals surface area contributed by atoms with Crippen molar-refractivity contribution in [2.24, 2.45) is 0 Å². The van der Waals surface area contributed by atoms with Crippen molar-refractivity contribution < 1.29 is 0 Å². The van der Waals surface area contributed by atoms with Crippen LogP contribution >= 0.6 is 15.9 Å². The second-order valence-electron chi connectivity index (χ2n) is 3.88. The Balaban J connectivity index is 2.36. The van der Waals surface area contributed by atoms with Crippen LogP contribution in [-0.4, -0.2) is 23.1 Å². The van der Waals surface area contributed by atoms with Gasteiger partial charge in [-0.3, -0.25) is 0 Å². The lowest BCUT2D eigenvalue weighted by molar-refractivity contribution is 0.380. The second kappa shape index (κ2) is 4.03. The van der Waals surface area contributed by atoms with Gasteiger partial charge in [-0.15, -0.1) is 0 Å². The van der Waals surface area contributed by atoms with E-state index in [4.69, 9.17) is 0 Å². The first-order chi connectivity index (χ1) is 6.74. The molecule has 1 aromatic rings. The fraction of sp³-hybridized carbons (Fsp3) is 0.700. The summed E-state index contributed by atoms with van der Waals surface area (Å²) in [6, 6.07) is 0.569. The van der Waals surface area contributed by atoms with E-state index in [9.17, 15) is 0 Å². The summed E-state index contributed by atoms with van der Waals surface area (Å²) in [7, 11) is 2.01. The summed E-state index contributed by atoms with van der Waals surface area (Å²) >= 11 is 3.62. The number of likely N-dealkylation sites (N-methyl/N-ethyl adjacent to an activating group) is 1. The molecular formula is C10H16BrN3. The number of nitrogens with one attached hydrogen (secondary N) is 1. The van der Waals surface area contributed by atoms with E-state index in [1.165, 1.54) is 18.7 Å². The molecule has 0 aliphatic carbocycles. The molecule has 1 aromatic heterocycles. The quantitative estimate of drug-likeness (QED) is 0.879. The van der Waals surface area contributed by atoms with Crippen LogP contribution in [0.3, 0.4) is 0 Å². The molecule has 2 heterocycles. The highest BCUT2D eigenvalue weighted by Gasteiger charge is 2.23. The standard InChI is InChI=1S/C10H16BrN3/c1-7-10(11)14-8(6-12-2)4-3-5-9(14)13-7/h8,12H,3-6H2,1-2H3. The van der Waals surface area contributed by atoms with Gasteiger partial charge in [0.1, 0.15) is 10.4 Å². The van der Waals surface area contributed by atoms with Crippen molar-refractivity contribution in [2.45, 2.75) is 32.2 Å². The maximum absolute atomic E-state index is 4.57. The van der Waals surface area contributed by atoms with Gasteiger partial charge in [-0.2, -0.15) is 0 Å². The van der Waals surface area contributed by atoms with Gasteiger partial charge in [0, 0.05) is 19.0 Å². The van der Waals surface area contributed by atoms with Crippen molar-refractivity contribution in [3.63, 3.8) is 0 Å². The van der Waals surface area contributed by atoms with Gasteiger partial charge in [0.15, 0.2) is 0 Å². The zero-order chi connectivity index (χ0) is 10.1. The van der Waals surface area contributed by atoms with Gasteiger partial charge in [-0.1, -0.05) is 0 Å². The van der Waals surface area contributed by atoms with Crippen LogP contribution in [0, 0.1) is 6.92 Å². The smallest absolute Gasteiger partial charge is 0.110 e. The zero-order valence-electron chi connectivity index (χ0n) is 8.68. The highest BCUT2D eigenvalue weighted by atomic mass is 79.9. The van der Waals surface area contributed by atoms with Crippen molar-refractivity contribution in [1.82, 2.24) is 14.9 Å². The molecule has 1 atom stereocenters. The van der Waals surface area contributed by atoms with Crippen molar-refractivity contribution in [2.75, 3.05) is 13.6 Å². The first-order valence-corrected chi connectivity index (χ1v) is 5.91. The minimum absolute atomic E-state index is 0.569. The maximum Gasteiger partial charge on any atom is 0.110 e. The molecule has 14 heavy (non-hydrogen) atoms. The lowest BCUT2D eigenvalue weighted by Gasteiger charge is -2.25. The van der Waals surface area contributed by atoms with Crippen LogP contribution in [0.15, 0.2) is 4.60 Å². The summed E-state index contributed by atoms with van der Waals surface area (Å²) in [6.45, 7) is 3.09. The number of nitrogens with zero attached hydrogens (tertiary/aromatic N) is 2. The Labute approximate surface area is 93.0 Å². The molecule has 0 fully saturated rings. The second-order valence-corrected chi connectivity index (χ2v) is 4.63. The fourth-order valence-corrected chi connectivity index (χ4v) is 2.77. The number of hydrogen-bond acceptors (Lipinski definition) is 2. The number of aromatic nitrogens is 2. The first-order valence-electron chi connectivity index (χ1n) is 5.12. The zero-order valence-corrected chi connectivity index (χ0v) is 10.3. The van der Waals surface area contributed by atoms with Crippen LogP contribution in [0.1, 0.15) is 30.4 Å². The van der Waals surface area contributed by atoms with E-state index < -0.39 is 0 Å². The van der Waals surface area contributed by atoms with E-state index in [2.05, 4.69) is 37.7 Å². The number of aryl methyl sites for hydroxylation is 2. The lowest BCUT2D eigenvalue weighted by atomic mass is 10.0. The van der Waals surface area contributed by atoms with Gasteiger partial charge in [0.25, 0.3) is 0 Å². The molecule has 1 N–H and O–H groups in total. The largest absolute Gasteiger partial charge is 0.318 e. The SMILES string of the molecule is CNCC1CCCc2nc(C)c(Br)n21. The van der Waals surface area contributed by atoms with Crippen molar-refractivity contribution in [1.29, 1.82) is 0 Å². The highest BCUT2D eigenvalue weighted by molar-refractivity contribution is 9.10. The predicted molar refractivity (Wildman–Crippen MR) is 60.6 cm³/mol. The van der Waals surface area contributed by atoms with E-state index >= 15 is 0 Å². The molecule has 0 amide bonds. The van der Waals surface area contributed by atoms with Crippen molar-refractivity contribution >= 4 is 15.9 Å². The molecule has 0 saturated carbocycles. The van der Waals surface area contributed by atoms with Gasteiger partial charge >= 0.3 is 0 Å². The van der Waals surface area contributed by atoms with Gasteiger partial charge in [0.2, 0.25) is 0 Å². The number of imidazole rings is 1. The summed E-state index contributed by atoms with van der Waals surface area (Å²) in [5.74, 6) is 1.24. The Morgan fingerprint density at radius 2 is 2.43 bits per heavy atom. The molecular weight excluding hydrogens is 242 g/mol. The Morgan fingerprint density at radius 3 is 3.14 bits per heavy atom. The lowest BCUT2D eigenvalue weighted by Crippen LogP contribution is -2.27. The molecule has 4 heteroatoms. The minimum Gasteiger partial charge on any atom is -0.318 e. The van der Waals surface area contributed by atoms with E-state index in [0.717, 1.165) is 23.3 Å². The van der Waals surface area contributed by atoms with Crippen molar-refractivity contribution in [3.05, 3.63) is 16.1 Å². The summed E-state index contributed by atoms with van der Waals surface area (Å²) in [6.07, 6.45) is 3.63. The van der Waals surface area contributed by atoms with E-state index in [1.807, 2.05) is 7.05 Å². The monoisotopic (exact) mass is 257 g/mol. The Morgan fingerprint density at radius 1 is 1.64 bits per heavy atom. The summed E-state index contributed by atoms with van der Waals surface area (Å²) in [5.41, 5.74) is 1.11. The predicted octanol–water partition coefficient (Wildman–Crippen LogP) is 2.05. The molecule has 3 nitrogen and oxygen atoms in total. The third-order valence-corrected chi connectivity index (χ3v) is 3.78. The maximum atomic E-state index is 4.57. The molecule has 78 valence electrons. The Hall–Kier alpha value is -0.350. The van der Waals surface area contributed by atoms with Gasteiger partial charge in [-0.05, 0) is 42.7 Å². The number of fused-ring (bicyclic) bond motifs is 1. The van der Waals surface area contributed by atoms with Crippen LogP contribution < -0.4 is 5.32 Å². The average Bonchev–Trinajstić information content (AvgIpc) is 2.45. The van der Waals surface area contributed by atoms with Gasteiger partial charge in [-0.25, -0.2) is 4.98 Å². The molecule has 1 aliphatic heterocycles. The highest BCUT2D eigenvalue weighted by Crippen LogP contribution is 2.30. The van der Waals surface area contributed by atoms with Gasteiger partial charge < -0.3 is 9.88 Å². The first kappa shape index (κ1) is 10.2. The minimum atomic E-state index is 0.569. The molecule has 0 bridgehead atoms. The van der Waals surface area contributed by atoms with Crippen LogP contribution in [0.4, 0.5) is 0 Å². The van der Waals surface area contributed by atoms with Crippen LogP contribution in [0.2, 0.25) is 0 Å². The van der Waals surface area contributed by atoms with E-state index in [1.54, 1.807) is 0 Å². The average molecular weight is 258 g/mol. The molecule has 0 aromatic carbocycles. The van der Waals surface area contributed by atoms with Crippen LogP contribution in [-0.2, 0) is 6.42 Å². The summed E-state index contributed by atoms with van der Waals surface area (Å²) < 4.78 is 3.50. The van der Waals surface area contributed by atoms with Crippen LogP contribution in [0.25, 0.3) is 0 Å². The Kier molecular flexibility index (Phi) is 2.93.